The molecule has 122 valence electrons. The summed E-state index contributed by atoms with van der Waals surface area (Å²) in [4.78, 5) is 17.4. The Bertz CT molecular complexity index is 570. The van der Waals surface area contributed by atoms with E-state index in [2.05, 4.69) is 11.9 Å². The third-order valence-electron chi connectivity index (χ3n) is 4.33. The molecule has 2 aromatic carbocycles. The van der Waals surface area contributed by atoms with Gasteiger partial charge in [-0.25, -0.2) is 0 Å². The Balaban J connectivity index is 0.00000192. The van der Waals surface area contributed by atoms with Crippen LogP contribution in [0, 0.1) is 0 Å². The highest BCUT2D eigenvalue weighted by Gasteiger charge is 2.28. The van der Waals surface area contributed by atoms with Crippen molar-refractivity contribution >= 4 is 5.91 Å². The van der Waals surface area contributed by atoms with Crippen LogP contribution in [0.2, 0.25) is 0 Å². The first kappa shape index (κ1) is 17.5. The molecule has 0 bridgehead atoms. The number of hydrogen-bond donors (Lipinski definition) is 0. The van der Waals surface area contributed by atoms with Gasteiger partial charge in [0.2, 0.25) is 5.91 Å². The first-order valence-corrected chi connectivity index (χ1v) is 7.83. The number of rotatable bonds is 3. The van der Waals surface area contributed by atoms with Gasteiger partial charge in [0.05, 0.1) is 5.92 Å². The lowest BCUT2D eigenvalue weighted by atomic mass is 9.90. The molecule has 3 rings (SSSR count). The monoisotopic (exact) mass is 329 g/mol. The highest BCUT2D eigenvalue weighted by atomic mass is 35.5. The summed E-state index contributed by atoms with van der Waals surface area (Å²) in [5, 5.41) is 0. The van der Waals surface area contributed by atoms with Crippen LogP contribution in [0.15, 0.2) is 60.7 Å². The Kier molecular flexibility index (Phi) is 6.20. The minimum Gasteiger partial charge on any atom is -1.00 e. The van der Waals surface area contributed by atoms with Gasteiger partial charge >= 0.3 is 0 Å². The van der Waals surface area contributed by atoms with Crippen LogP contribution in [-0.2, 0) is 4.79 Å². The average molecular weight is 330 g/mol. The van der Waals surface area contributed by atoms with Crippen molar-refractivity contribution in [2.45, 2.75) is 5.92 Å². The van der Waals surface area contributed by atoms with Crippen molar-refractivity contribution in [2.24, 2.45) is 0 Å². The Morgan fingerprint density at radius 2 is 1.26 bits per heavy atom. The van der Waals surface area contributed by atoms with E-state index < -0.39 is 0 Å². The highest BCUT2D eigenvalue weighted by molar-refractivity contribution is 5.87. The van der Waals surface area contributed by atoms with Crippen LogP contribution >= 0.6 is 0 Å². The maximum absolute atomic E-state index is 13.1. The van der Waals surface area contributed by atoms with Crippen LogP contribution in [-0.4, -0.2) is 48.9 Å². The van der Waals surface area contributed by atoms with E-state index in [0.29, 0.717) is 0 Å². The maximum atomic E-state index is 13.1. The van der Waals surface area contributed by atoms with Crippen molar-refractivity contribution < 1.29 is 17.2 Å². The van der Waals surface area contributed by atoms with Crippen LogP contribution in [0.1, 0.15) is 17.0 Å². The van der Waals surface area contributed by atoms with E-state index in [-0.39, 0.29) is 24.2 Å². The van der Waals surface area contributed by atoms with Gasteiger partial charge in [-0.1, -0.05) is 60.7 Å². The molecule has 3 nitrogen and oxygen atoms in total. The Morgan fingerprint density at radius 1 is 0.826 bits per heavy atom. The topological polar surface area (TPSA) is 23.6 Å². The molecule has 0 atom stereocenters. The van der Waals surface area contributed by atoms with Gasteiger partial charge in [0.15, 0.2) is 0 Å². The number of carbonyl (C=O) groups is 1. The predicted octanol–water partition coefficient (Wildman–Crippen LogP) is -0.403. The van der Waals surface area contributed by atoms with Crippen LogP contribution in [0.25, 0.3) is 0 Å². The summed E-state index contributed by atoms with van der Waals surface area (Å²) in [5.74, 6) is 0.0105. The molecule has 0 aliphatic carbocycles. The normalized spacial score (nSPS) is 15.3. The molecule has 0 aromatic heterocycles. The zero-order valence-corrected chi connectivity index (χ0v) is 14.1. The van der Waals surface area contributed by atoms with Gasteiger partial charge in [-0.2, -0.15) is 0 Å². The molecule has 1 aliphatic heterocycles. The van der Waals surface area contributed by atoms with E-state index in [1.807, 2.05) is 65.6 Å². The van der Waals surface area contributed by atoms with Crippen LogP contribution in [0.5, 0.6) is 0 Å². The maximum Gasteiger partial charge on any atom is 0.234 e. The lowest BCUT2D eigenvalue weighted by Crippen LogP contribution is -3.00. The standard InChI is InChI=1S/C19H22N2O.ClH/c1-20-12-14-21(15-13-20)19(22)18(16-8-4-2-5-9-16)17-10-6-3-7-11-17;/h2-11,18H,12-15H2,1H3;1H/p-1. The zero-order chi connectivity index (χ0) is 15.4. The second-order valence-corrected chi connectivity index (χ2v) is 5.88. The number of nitrogens with zero attached hydrogens (tertiary/aromatic N) is 2. The number of piperazine rings is 1. The lowest BCUT2D eigenvalue weighted by molar-refractivity contribution is -0.133. The molecule has 1 heterocycles. The summed E-state index contributed by atoms with van der Waals surface area (Å²) in [6.45, 7) is 3.51. The number of hydrogen-bond acceptors (Lipinski definition) is 2. The molecular weight excluding hydrogens is 308 g/mol. The van der Waals surface area contributed by atoms with Gasteiger partial charge in [0.25, 0.3) is 0 Å². The van der Waals surface area contributed by atoms with Gasteiger partial charge in [0.1, 0.15) is 0 Å². The third kappa shape index (κ3) is 4.12. The second kappa shape index (κ2) is 8.14. The molecule has 1 amide bonds. The quantitative estimate of drug-likeness (QED) is 0.765. The number of likely N-dealkylation sites (N-methyl/N-ethyl adjacent to an activating group) is 1. The van der Waals surface area contributed by atoms with Crippen molar-refractivity contribution in [2.75, 3.05) is 33.2 Å². The van der Waals surface area contributed by atoms with Gasteiger partial charge < -0.3 is 22.2 Å². The van der Waals surface area contributed by atoms with E-state index in [0.717, 1.165) is 37.3 Å². The summed E-state index contributed by atoms with van der Waals surface area (Å²) in [6.07, 6.45) is 0. The minimum atomic E-state index is -0.203. The lowest BCUT2D eigenvalue weighted by Gasteiger charge is -2.35. The Labute approximate surface area is 144 Å². The highest BCUT2D eigenvalue weighted by Crippen LogP contribution is 2.27. The predicted molar refractivity (Wildman–Crippen MR) is 88.8 cm³/mol. The molecule has 0 radical (unpaired) electrons. The van der Waals surface area contributed by atoms with E-state index in [1.54, 1.807) is 0 Å². The summed E-state index contributed by atoms with van der Waals surface area (Å²) >= 11 is 0. The summed E-state index contributed by atoms with van der Waals surface area (Å²) in [6, 6.07) is 20.2. The zero-order valence-electron chi connectivity index (χ0n) is 13.4. The number of benzene rings is 2. The van der Waals surface area contributed by atoms with Crippen molar-refractivity contribution in [1.29, 1.82) is 0 Å². The molecule has 1 saturated heterocycles. The molecule has 1 fully saturated rings. The molecule has 0 saturated carbocycles. The third-order valence-corrected chi connectivity index (χ3v) is 4.33. The first-order chi connectivity index (χ1) is 10.8. The van der Waals surface area contributed by atoms with Gasteiger partial charge in [0, 0.05) is 26.2 Å². The molecule has 0 N–H and O–H groups in total. The number of amides is 1. The molecule has 23 heavy (non-hydrogen) atoms. The fourth-order valence-corrected chi connectivity index (χ4v) is 2.98. The van der Waals surface area contributed by atoms with E-state index >= 15 is 0 Å². The largest absolute Gasteiger partial charge is 1.00 e. The number of carbonyl (C=O) groups excluding carboxylic acids is 1. The molecule has 4 heteroatoms. The number of halogens is 1. The molecule has 2 aromatic rings. The molecular formula is C19H22ClN2O-. The Morgan fingerprint density at radius 3 is 1.70 bits per heavy atom. The van der Waals surface area contributed by atoms with Crippen molar-refractivity contribution in [1.82, 2.24) is 9.80 Å². The average Bonchev–Trinajstić information content (AvgIpc) is 2.57. The molecule has 0 unspecified atom stereocenters. The van der Waals surface area contributed by atoms with Crippen molar-refractivity contribution in [3.05, 3.63) is 71.8 Å². The summed E-state index contributed by atoms with van der Waals surface area (Å²) in [7, 11) is 2.10. The fraction of sp³-hybridized carbons (Fsp3) is 0.316. The van der Waals surface area contributed by atoms with E-state index in [1.165, 1.54) is 0 Å². The molecule has 1 aliphatic rings. The van der Waals surface area contributed by atoms with Crippen LogP contribution < -0.4 is 12.4 Å². The smallest absolute Gasteiger partial charge is 0.234 e. The summed E-state index contributed by atoms with van der Waals surface area (Å²) in [5.41, 5.74) is 2.13. The minimum absolute atomic E-state index is 0. The second-order valence-electron chi connectivity index (χ2n) is 5.88. The van der Waals surface area contributed by atoms with E-state index in [9.17, 15) is 4.79 Å². The first-order valence-electron chi connectivity index (χ1n) is 7.83. The molecule has 0 spiro atoms. The van der Waals surface area contributed by atoms with Gasteiger partial charge in [-0.05, 0) is 18.2 Å². The Hall–Kier alpha value is -1.84. The summed E-state index contributed by atoms with van der Waals surface area (Å²) < 4.78 is 0. The van der Waals surface area contributed by atoms with E-state index in [4.69, 9.17) is 0 Å². The van der Waals surface area contributed by atoms with Gasteiger partial charge in [-0.3, -0.25) is 4.79 Å². The fourth-order valence-electron chi connectivity index (χ4n) is 2.98. The van der Waals surface area contributed by atoms with Crippen molar-refractivity contribution in [3.63, 3.8) is 0 Å². The van der Waals surface area contributed by atoms with Crippen LogP contribution in [0.4, 0.5) is 0 Å². The van der Waals surface area contributed by atoms with Gasteiger partial charge in [-0.15, -0.1) is 0 Å². The SMILES string of the molecule is CN1CCN(C(=O)C(c2ccccc2)c2ccccc2)CC1.[Cl-]. The van der Waals surface area contributed by atoms with Crippen molar-refractivity contribution in [3.8, 4) is 0 Å². The van der Waals surface area contributed by atoms with Crippen LogP contribution in [0.3, 0.4) is 0 Å².